The standard InChI is InChI=1S/C11H20O3/c1-4-5-6-7-8-10(13)11(3,14)9(2)12/h14H,4-8H2,1-3H3/t11-/m1/s1. The van der Waals surface area contributed by atoms with Crippen LogP contribution in [0.25, 0.3) is 0 Å². The van der Waals surface area contributed by atoms with Crippen molar-refractivity contribution in [3.05, 3.63) is 0 Å². The smallest absolute Gasteiger partial charge is 0.177 e. The average Bonchev–Trinajstić information content (AvgIpc) is 2.11. The Morgan fingerprint density at radius 1 is 1.21 bits per heavy atom. The lowest BCUT2D eigenvalue weighted by Crippen LogP contribution is -2.42. The van der Waals surface area contributed by atoms with Gasteiger partial charge in [-0.05, 0) is 20.3 Å². The second-order valence-corrected chi connectivity index (χ2v) is 3.86. The van der Waals surface area contributed by atoms with Gasteiger partial charge in [0.25, 0.3) is 0 Å². The van der Waals surface area contributed by atoms with Crippen LogP contribution in [-0.4, -0.2) is 22.3 Å². The summed E-state index contributed by atoms with van der Waals surface area (Å²) in [6.07, 6.45) is 4.24. The van der Waals surface area contributed by atoms with Gasteiger partial charge < -0.3 is 5.11 Å². The number of aliphatic hydroxyl groups is 1. The van der Waals surface area contributed by atoms with E-state index < -0.39 is 11.4 Å². The molecule has 0 heterocycles. The minimum absolute atomic E-state index is 0.298. The van der Waals surface area contributed by atoms with Crippen molar-refractivity contribution < 1.29 is 14.7 Å². The molecular weight excluding hydrogens is 180 g/mol. The van der Waals surface area contributed by atoms with E-state index >= 15 is 0 Å². The number of hydrogen-bond donors (Lipinski definition) is 1. The molecule has 82 valence electrons. The molecule has 0 aromatic carbocycles. The van der Waals surface area contributed by atoms with Gasteiger partial charge in [0.15, 0.2) is 17.2 Å². The molecule has 14 heavy (non-hydrogen) atoms. The normalized spacial score (nSPS) is 14.9. The molecular formula is C11H20O3. The van der Waals surface area contributed by atoms with Crippen LogP contribution in [0.3, 0.4) is 0 Å². The van der Waals surface area contributed by atoms with Gasteiger partial charge >= 0.3 is 0 Å². The lowest BCUT2D eigenvalue weighted by Gasteiger charge is -2.17. The summed E-state index contributed by atoms with van der Waals surface area (Å²) < 4.78 is 0. The van der Waals surface area contributed by atoms with Crippen molar-refractivity contribution in [1.82, 2.24) is 0 Å². The van der Waals surface area contributed by atoms with Gasteiger partial charge in [-0.1, -0.05) is 26.2 Å². The fraction of sp³-hybridized carbons (Fsp3) is 0.818. The van der Waals surface area contributed by atoms with Crippen LogP contribution in [0, 0.1) is 0 Å². The second-order valence-electron chi connectivity index (χ2n) is 3.86. The van der Waals surface area contributed by atoms with E-state index in [1.54, 1.807) is 0 Å². The first-order chi connectivity index (χ1) is 6.42. The highest BCUT2D eigenvalue weighted by molar-refractivity contribution is 6.08. The Kier molecular flexibility index (Phi) is 5.62. The summed E-state index contributed by atoms with van der Waals surface area (Å²) in [7, 11) is 0. The number of unbranched alkanes of at least 4 members (excludes halogenated alkanes) is 3. The van der Waals surface area contributed by atoms with Crippen molar-refractivity contribution in [2.24, 2.45) is 0 Å². The molecule has 0 aliphatic carbocycles. The molecule has 0 bridgehead atoms. The minimum atomic E-state index is -1.77. The van der Waals surface area contributed by atoms with Gasteiger partial charge in [0.05, 0.1) is 0 Å². The number of Topliss-reactive ketones (excluding diaryl/α,β-unsaturated/α-hetero) is 2. The van der Waals surface area contributed by atoms with Crippen LogP contribution in [0.5, 0.6) is 0 Å². The van der Waals surface area contributed by atoms with E-state index in [9.17, 15) is 14.7 Å². The summed E-state index contributed by atoms with van der Waals surface area (Å²) in [5.41, 5.74) is -1.77. The second kappa shape index (κ2) is 5.91. The molecule has 3 heteroatoms. The van der Waals surface area contributed by atoms with E-state index in [1.165, 1.54) is 13.8 Å². The lowest BCUT2D eigenvalue weighted by molar-refractivity contribution is -0.147. The Morgan fingerprint density at radius 2 is 1.79 bits per heavy atom. The minimum Gasteiger partial charge on any atom is -0.375 e. The molecule has 0 saturated heterocycles. The van der Waals surface area contributed by atoms with Crippen molar-refractivity contribution >= 4 is 11.6 Å². The van der Waals surface area contributed by atoms with Crippen LogP contribution in [0.4, 0.5) is 0 Å². The van der Waals surface area contributed by atoms with E-state index in [0.29, 0.717) is 6.42 Å². The molecule has 1 atom stereocenters. The predicted octanol–water partition coefficient (Wildman–Crippen LogP) is 1.87. The Bertz CT molecular complexity index is 207. The van der Waals surface area contributed by atoms with Gasteiger partial charge in [0.1, 0.15) is 0 Å². The van der Waals surface area contributed by atoms with Crippen molar-refractivity contribution in [2.45, 2.75) is 58.5 Å². The molecule has 0 aromatic rings. The maximum atomic E-state index is 11.4. The van der Waals surface area contributed by atoms with Gasteiger partial charge in [-0.2, -0.15) is 0 Å². The zero-order chi connectivity index (χ0) is 11.2. The summed E-state index contributed by atoms with van der Waals surface area (Å²) in [4.78, 5) is 22.3. The number of carbonyl (C=O) groups excluding carboxylic acids is 2. The van der Waals surface area contributed by atoms with Crippen LogP contribution >= 0.6 is 0 Å². The summed E-state index contributed by atoms with van der Waals surface area (Å²) in [6, 6.07) is 0. The van der Waals surface area contributed by atoms with Gasteiger partial charge in [0, 0.05) is 6.42 Å². The molecule has 0 fully saturated rings. The Balaban J connectivity index is 3.90. The van der Waals surface area contributed by atoms with Gasteiger partial charge in [0.2, 0.25) is 0 Å². The van der Waals surface area contributed by atoms with E-state index in [0.717, 1.165) is 25.7 Å². The van der Waals surface area contributed by atoms with E-state index in [1.807, 2.05) is 0 Å². The number of ketones is 2. The largest absolute Gasteiger partial charge is 0.375 e. The summed E-state index contributed by atoms with van der Waals surface area (Å²) >= 11 is 0. The maximum absolute atomic E-state index is 11.4. The third-order valence-corrected chi connectivity index (χ3v) is 2.49. The van der Waals surface area contributed by atoms with Crippen molar-refractivity contribution in [1.29, 1.82) is 0 Å². The van der Waals surface area contributed by atoms with Crippen LogP contribution in [-0.2, 0) is 9.59 Å². The quantitative estimate of drug-likeness (QED) is 0.504. The molecule has 3 nitrogen and oxygen atoms in total. The first-order valence-corrected chi connectivity index (χ1v) is 5.19. The van der Waals surface area contributed by atoms with E-state index in [2.05, 4.69) is 6.92 Å². The third kappa shape index (κ3) is 4.01. The van der Waals surface area contributed by atoms with Gasteiger partial charge in [-0.25, -0.2) is 0 Å². The maximum Gasteiger partial charge on any atom is 0.177 e. The van der Waals surface area contributed by atoms with E-state index in [4.69, 9.17) is 0 Å². The molecule has 0 saturated carbocycles. The number of hydrogen-bond acceptors (Lipinski definition) is 3. The monoisotopic (exact) mass is 200 g/mol. The van der Waals surface area contributed by atoms with Gasteiger partial charge in [-0.15, -0.1) is 0 Å². The summed E-state index contributed by atoms with van der Waals surface area (Å²) in [5, 5.41) is 9.52. The van der Waals surface area contributed by atoms with Crippen LogP contribution in [0.15, 0.2) is 0 Å². The fourth-order valence-corrected chi connectivity index (χ4v) is 1.15. The first kappa shape index (κ1) is 13.3. The van der Waals surface area contributed by atoms with E-state index in [-0.39, 0.29) is 5.78 Å². The third-order valence-electron chi connectivity index (χ3n) is 2.49. The topological polar surface area (TPSA) is 54.4 Å². The highest BCUT2D eigenvalue weighted by Gasteiger charge is 2.34. The first-order valence-electron chi connectivity index (χ1n) is 5.19. The molecule has 0 amide bonds. The molecule has 0 spiro atoms. The van der Waals surface area contributed by atoms with Crippen LogP contribution < -0.4 is 0 Å². The SMILES string of the molecule is CCCCCCC(=O)[C@](C)(O)C(C)=O. The number of rotatable bonds is 7. The highest BCUT2D eigenvalue weighted by atomic mass is 16.3. The Hall–Kier alpha value is -0.700. The molecule has 0 unspecified atom stereocenters. The van der Waals surface area contributed by atoms with Crippen LogP contribution in [0.2, 0.25) is 0 Å². The van der Waals surface area contributed by atoms with Gasteiger partial charge in [-0.3, -0.25) is 9.59 Å². The van der Waals surface area contributed by atoms with Crippen LogP contribution in [0.1, 0.15) is 52.9 Å². The molecule has 1 N–H and O–H groups in total. The zero-order valence-corrected chi connectivity index (χ0v) is 9.30. The molecule has 0 rings (SSSR count). The molecule has 0 aromatic heterocycles. The Morgan fingerprint density at radius 3 is 2.21 bits per heavy atom. The Labute approximate surface area is 85.5 Å². The highest BCUT2D eigenvalue weighted by Crippen LogP contribution is 2.12. The lowest BCUT2D eigenvalue weighted by atomic mass is 9.93. The number of carbonyl (C=O) groups is 2. The zero-order valence-electron chi connectivity index (χ0n) is 9.30. The fourth-order valence-electron chi connectivity index (χ4n) is 1.15. The average molecular weight is 200 g/mol. The summed E-state index contributed by atoms with van der Waals surface area (Å²) in [6.45, 7) is 4.61. The molecule has 0 aliphatic heterocycles. The molecule has 0 aliphatic rings. The predicted molar refractivity (Wildman–Crippen MR) is 55.1 cm³/mol. The molecule has 0 radical (unpaired) electrons. The van der Waals surface area contributed by atoms with Crippen molar-refractivity contribution in [2.75, 3.05) is 0 Å². The summed E-state index contributed by atoms with van der Waals surface area (Å²) in [5.74, 6) is -0.834. The van der Waals surface area contributed by atoms with Crippen molar-refractivity contribution in [3.63, 3.8) is 0 Å². The van der Waals surface area contributed by atoms with Crippen molar-refractivity contribution in [3.8, 4) is 0 Å².